The minimum Gasteiger partial charge on any atom is -0.480 e. The van der Waals surface area contributed by atoms with Gasteiger partial charge in [0.2, 0.25) is 5.91 Å². The lowest BCUT2D eigenvalue weighted by Gasteiger charge is -2.29. The van der Waals surface area contributed by atoms with Gasteiger partial charge in [0.15, 0.2) is 0 Å². The molecule has 0 saturated carbocycles. The molecule has 1 aliphatic rings. The first-order valence-electron chi connectivity index (χ1n) is 6.13. The molecule has 2 N–H and O–H groups in total. The molecular formula is C12H21NO4. The Kier molecular flexibility index (Phi) is 4.93. The molecule has 1 atom stereocenters. The SMILES string of the molecule is CCCC(C)(NC(=O)C1CCOCC1)C(=O)O. The van der Waals surface area contributed by atoms with Crippen molar-refractivity contribution in [3.05, 3.63) is 0 Å². The number of carboxylic acid groups (broad SMARTS) is 1. The summed E-state index contributed by atoms with van der Waals surface area (Å²) in [5, 5.41) is 11.8. The molecule has 0 radical (unpaired) electrons. The molecule has 0 bridgehead atoms. The molecule has 1 aliphatic heterocycles. The van der Waals surface area contributed by atoms with Crippen molar-refractivity contribution in [3.63, 3.8) is 0 Å². The highest BCUT2D eigenvalue weighted by molar-refractivity contribution is 5.87. The summed E-state index contributed by atoms with van der Waals surface area (Å²) < 4.78 is 5.18. The Labute approximate surface area is 102 Å². The largest absolute Gasteiger partial charge is 0.480 e. The van der Waals surface area contributed by atoms with E-state index < -0.39 is 11.5 Å². The maximum Gasteiger partial charge on any atom is 0.329 e. The van der Waals surface area contributed by atoms with Crippen molar-refractivity contribution in [1.82, 2.24) is 5.32 Å². The van der Waals surface area contributed by atoms with E-state index in [1.807, 2.05) is 6.92 Å². The monoisotopic (exact) mass is 243 g/mol. The minimum absolute atomic E-state index is 0.112. The predicted octanol–water partition coefficient (Wildman–Crippen LogP) is 1.17. The molecule has 1 amide bonds. The summed E-state index contributed by atoms with van der Waals surface area (Å²) >= 11 is 0. The van der Waals surface area contributed by atoms with Gasteiger partial charge >= 0.3 is 5.97 Å². The second-order valence-electron chi connectivity index (χ2n) is 4.76. The average Bonchev–Trinajstić information content (AvgIpc) is 2.30. The molecule has 1 unspecified atom stereocenters. The lowest BCUT2D eigenvalue weighted by Crippen LogP contribution is -2.54. The zero-order valence-corrected chi connectivity index (χ0v) is 10.5. The summed E-state index contributed by atoms with van der Waals surface area (Å²) in [6.07, 6.45) is 2.51. The number of ether oxygens (including phenoxy) is 1. The number of amides is 1. The van der Waals surface area contributed by atoms with Crippen LogP contribution < -0.4 is 5.32 Å². The maximum atomic E-state index is 12.0. The molecule has 1 heterocycles. The fourth-order valence-corrected chi connectivity index (χ4v) is 2.06. The van der Waals surface area contributed by atoms with Crippen LogP contribution in [0.2, 0.25) is 0 Å². The third-order valence-electron chi connectivity index (χ3n) is 3.21. The second-order valence-corrected chi connectivity index (χ2v) is 4.76. The van der Waals surface area contributed by atoms with Crippen molar-refractivity contribution in [2.45, 2.75) is 45.1 Å². The van der Waals surface area contributed by atoms with E-state index in [2.05, 4.69) is 5.32 Å². The van der Waals surface area contributed by atoms with Crippen molar-refractivity contribution in [1.29, 1.82) is 0 Å². The fourth-order valence-electron chi connectivity index (χ4n) is 2.06. The van der Waals surface area contributed by atoms with Crippen molar-refractivity contribution in [3.8, 4) is 0 Å². The van der Waals surface area contributed by atoms with E-state index in [0.29, 0.717) is 32.5 Å². The number of aliphatic carboxylic acids is 1. The van der Waals surface area contributed by atoms with Gasteiger partial charge in [0.1, 0.15) is 5.54 Å². The third kappa shape index (κ3) is 3.70. The Morgan fingerprint density at radius 1 is 1.41 bits per heavy atom. The lowest BCUT2D eigenvalue weighted by atomic mass is 9.93. The lowest BCUT2D eigenvalue weighted by molar-refractivity contribution is -0.148. The molecule has 0 aromatic rings. The third-order valence-corrected chi connectivity index (χ3v) is 3.21. The number of rotatable bonds is 5. The van der Waals surface area contributed by atoms with Crippen LogP contribution in [0.3, 0.4) is 0 Å². The molecular weight excluding hydrogens is 222 g/mol. The van der Waals surface area contributed by atoms with Gasteiger partial charge in [-0.15, -0.1) is 0 Å². The molecule has 0 aromatic carbocycles. The molecule has 1 rings (SSSR count). The van der Waals surface area contributed by atoms with Crippen LogP contribution in [0.15, 0.2) is 0 Å². The number of nitrogens with one attached hydrogen (secondary N) is 1. The first-order valence-corrected chi connectivity index (χ1v) is 6.13. The summed E-state index contributed by atoms with van der Waals surface area (Å²) in [5.41, 5.74) is -1.15. The number of carbonyl (C=O) groups excluding carboxylic acids is 1. The zero-order valence-electron chi connectivity index (χ0n) is 10.5. The van der Waals surface area contributed by atoms with Crippen LogP contribution in [0, 0.1) is 5.92 Å². The van der Waals surface area contributed by atoms with Crippen LogP contribution >= 0.6 is 0 Å². The van der Waals surface area contributed by atoms with Crippen LogP contribution in [-0.2, 0) is 14.3 Å². The standard InChI is InChI=1S/C12H21NO4/c1-3-6-12(2,11(15)16)13-10(14)9-4-7-17-8-5-9/h9H,3-8H2,1-2H3,(H,13,14)(H,15,16). The molecule has 1 fully saturated rings. The van der Waals surface area contributed by atoms with Crippen LogP contribution in [0.1, 0.15) is 39.5 Å². The van der Waals surface area contributed by atoms with E-state index in [9.17, 15) is 14.7 Å². The van der Waals surface area contributed by atoms with Crippen molar-refractivity contribution < 1.29 is 19.4 Å². The summed E-state index contributed by atoms with van der Waals surface area (Å²) in [4.78, 5) is 23.2. The van der Waals surface area contributed by atoms with Gasteiger partial charge < -0.3 is 15.2 Å². The number of carboxylic acids is 1. The van der Waals surface area contributed by atoms with Gasteiger partial charge in [0.05, 0.1) is 0 Å². The molecule has 1 saturated heterocycles. The maximum absolute atomic E-state index is 12.0. The Morgan fingerprint density at radius 3 is 2.47 bits per heavy atom. The van der Waals surface area contributed by atoms with E-state index in [-0.39, 0.29) is 11.8 Å². The van der Waals surface area contributed by atoms with Crippen LogP contribution in [0.4, 0.5) is 0 Å². The smallest absolute Gasteiger partial charge is 0.329 e. The van der Waals surface area contributed by atoms with Crippen LogP contribution in [-0.4, -0.2) is 35.7 Å². The van der Waals surface area contributed by atoms with Crippen molar-refractivity contribution in [2.24, 2.45) is 5.92 Å². The Bertz CT molecular complexity index is 286. The Balaban J connectivity index is 2.60. The minimum atomic E-state index is -1.15. The number of hydrogen-bond acceptors (Lipinski definition) is 3. The molecule has 17 heavy (non-hydrogen) atoms. The quantitative estimate of drug-likeness (QED) is 0.760. The first-order chi connectivity index (χ1) is 7.99. The van der Waals surface area contributed by atoms with Crippen molar-refractivity contribution in [2.75, 3.05) is 13.2 Å². The molecule has 5 nitrogen and oxygen atoms in total. The first kappa shape index (κ1) is 14.0. The van der Waals surface area contributed by atoms with Gasteiger partial charge in [-0.05, 0) is 26.2 Å². The fraction of sp³-hybridized carbons (Fsp3) is 0.833. The molecule has 0 aliphatic carbocycles. The summed E-state index contributed by atoms with van der Waals surface area (Å²) in [5.74, 6) is -1.24. The van der Waals surface area contributed by atoms with Crippen LogP contribution in [0.5, 0.6) is 0 Å². The van der Waals surface area contributed by atoms with Gasteiger partial charge in [-0.25, -0.2) is 4.79 Å². The zero-order chi connectivity index (χ0) is 12.9. The highest BCUT2D eigenvalue weighted by atomic mass is 16.5. The highest BCUT2D eigenvalue weighted by Crippen LogP contribution is 2.18. The van der Waals surface area contributed by atoms with E-state index in [0.717, 1.165) is 6.42 Å². The Morgan fingerprint density at radius 2 is 2.00 bits per heavy atom. The number of carbonyl (C=O) groups is 2. The van der Waals surface area contributed by atoms with Gasteiger partial charge in [-0.2, -0.15) is 0 Å². The highest BCUT2D eigenvalue weighted by Gasteiger charge is 2.36. The summed E-state index contributed by atoms with van der Waals surface area (Å²) in [6, 6.07) is 0. The second kappa shape index (κ2) is 6.00. The van der Waals surface area contributed by atoms with E-state index in [1.54, 1.807) is 6.92 Å². The van der Waals surface area contributed by atoms with E-state index in [1.165, 1.54) is 0 Å². The van der Waals surface area contributed by atoms with E-state index >= 15 is 0 Å². The Hall–Kier alpha value is -1.10. The molecule has 0 spiro atoms. The van der Waals surface area contributed by atoms with Gasteiger partial charge in [0, 0.05) is 19.1 Å². The summed E-state index contributed by atoms with van der Waals surface area (Å²) in [6.45, 7) is 4.63. The topological polar surface area (TPSA) is 75.6 Å². The average molecular weight is 243 g/mol. The molecule has 5 heteroatoms. The van der Waals surface area contributed by atoms with E-state index in [4.69, 9.17) is 4.74 Å². The van der Waals surface area contributed by atoms with Gasteiger partial charge in [-0.1, -0.05) is 13.3 Å². The molecule has 98 valence electrons. The predicted molar refractivity (Wildman–Crippen MR) is 62.6 cm³/mol. The summed E-state index contributed by atoms with van der Waals surface area (Å²) in [7, 11) is 0. The normalized spacial score (nSPS) is 20.6. The van der Waals surface area contributed by atoms with Gasteiger partial charge in [0.25, 0.3) is 0 Å². The van der Waals surface area contributed by atoms with Crippen molar-refractivity contribution >= 4 is 11.9 Å². The van der Waals surface area contributed by atoms with Gasteiger partial charge in [-0.3, -0.25) is 4.79 Å². The molecule has 0 aromatic heterocycles. The van der Waals surface area contributed by atoms with Crippen LogP contribution in [0.25, 0.3) is 0 Å². The number of hydrogen-bond donors (Lipinski definition) is 2.